The standard InChI is InChI=1S/C15H21N3O2/c1-3-8-4-9-5-15(9)6-11(15)12(8)17-13(19)10-7-16-18(2)14(10)20/h7-9,11-12,20H,3-6H2,1-2H3,(H,17,19). The molecule has 0 aliphatic heterocycles. The average molecular weight is 275 g/mol. The summed E-state index contributed by atoms with van der Waals surface area (Å²) in [5, 5.41) is 16.9. The summed E-state index contributed by atoms with van der Waals surface area (Å²) in [5.74, 6) is 1.96. The van der Waals surface area contributed by atoms with Gasteiger partial charge in [0.1, 0.15) is 5.56 Å². The quantitative estimate of drug-likeness (QED) is 0.882. The highest BCUT2D eigenvalue weighted by Gasteiger charge is 2.75. The molecule has 1 aromatic heterocycles. The van der Waals surface area contributed by atoms with Crippen molar-refractivity contribution in [3.8, 4) is 5.88 Å². The molecule has 2 N–H and O–H groups in total. The minimum atomic E-state index is -0.180. The van der Waals surface area contributed by atoms with Crippen LogP contribution in [0.5, 0.6) is 5.88 Å². The zero-order chi connectivity index (χ0) is 14.1. The molecule has 3 aliphatic carbocycles. The Morgan fingerprint density at radius 1 is 1.60 bits per heavy atom. The molecular weight excluding hydrogens is 254 g/mol. The zero-order valence-electron chi connectivity index (χ0n) is 12.0. The zero-order valence-corrected chi connectivity index (χ0v) is 12.0. The molecule has 3 saturated carbocycles. The summed E-state index contributed by atoms with van der Waals surface area (Å²) in [7, 11) is 1.63. The maximum atomic E-state index is 12.4. The highest BCUT2D eigenvalue weighted by atomic mass is 16.3. The molecule has 3 aliphatic rings. The fourth-order valence-electron chi connectivity index (χ4n) is 4.56. The van der Waals surface area contributed by atoms with Gasteiger partial charge in [0.2, 0.25) is 5.88 Å². The lowest BCUT2D eigenvalue weighted by Gasteiger charge is -2.31. The predicted octanol–water partition coefficient (Wildman–Crippen LogP) is 1.68. The highest BCUT2D eigenvalue weighted by molar-refractivity contribution is 5.96. The summed E-state index contributed by atoms with van der Waals surface area (Å²) in [4.78, 5) is 12.4. The molecule has 108 valence electrons. The van der Waals surface area contributed by atoms with Crippen LogP contribution in [-0.2, 0) is 7.05 Å². The summed E-state index contributed by atoms with van der Waals surface area (Å²) in [6.07, 6.45) is 6.48. The minimum Gasteiger partial charge on any atom is -0.493 e. The van der Waals surface area contributed by atoms with E-state index in [-0.39, 0.29) is 23.4 Å². The molecular formula is C15H21N3O2. The van der Waals surface area contributed by atoms with E-state index in [2.05, 4.69) is 17.3 Å². The van der Waals surface area contributed by atoms with Crippen molar-refractivity contribution < 1.29 is 9.90 Å². The van der Waals surface area contributed by atoms with E-state index in [4.69, 9.17) is 0 Å². The molecule has 5 unspecified atom stereocenters. The minimum absolute atomic E-state index is 0.0545. The molecule has 0 saturated heterocycles. The van der Waals surface area contributed by atoms with E-state index in [0.717, 1.165) is 12.3 Å². The SMILES string of the molecule is CCC1CC2CC23CC3C1NC(=O)c1cnn(C)c1O. The number of nitrogens with one attached hydrogen (secondary N) is 1. The van der Waals surface area contributed by atoms with E-state index < -0.39 is 0 Å². The number of aromatic nitrogens is 2. The van der Waals surface area contributed by atoms with Crippen LogP contribution in [0.15, 0.2) is 6.20 Å². The fraction of sp³-hybridized carbons (Fsp3) is 0.733. The van der Waals surface area contributed by atoms with Crippen LogP contribution in [-0.4, -0.2) is 26.8 Å². The van der Waals surface area contributed by atoms with Crippen molar-refractivity contribution in [1.29, 1.82) is 0 Å². The number of amides is 1. The lowest BCUT2D eigenvalue weighted by atomic mass is 9.82. The van der Waals surface area contributed by atoms with E-state index in [1.165, 1.54) is 30.1 Å². The van der Waals surface area contributed by atoms with Crippen LogP contribution in [0, 0.1) is 23.2 Å². The number of hydrogen-bond acceptors (Lipinski definition) is 3. The fourth-order valence-corrected chi connectivity index (χ4v) is 4.56. The second-order valence-electron chi connectivity index (χ2n) is 6.85. The van der Waals surface area contributed by atoms with Gasteiger partial charge in [0.05, 0.1) is 6.20 Å². The Kier molecular flexibility index (Phi) is 2.31. The molecule has 0 radical (unpaired) electrons. The molecule has 1 aromatic rings. The second kappa shape index (κ2) is 3.77. The Hall–Kier alpha value is -1.52. The summed E-state index contributed by atoms with van der Waals surface area (Å²) in [6, 6.07) is 0.283. The van der Waals surface area contributed by atoms with Gasteiger partial charge in [0.25, 0.3) is 5.91 Å². The summed E-state index contributed by atoms with van der Waals surface area (Å²) >= 11 is 0. The van der Waals surface area contributed by atoms with Gasteiger partial charge in [-0.05, 0) is 42.4 Å². The number of carbonyl (C=O) groups is 1. The lowest BCUT2D eigenvalue weighted by molar-refractivity contribution is 0.0893. The maximum absolute atomic E-state index is 12.4. The van der Waals surface area contributed by atoms with Crippen molar-refractivity contribution in [1.82, 2.24) is 15.1 Å². The van der Waals surface area contributed by atoms with Crippen LogP contribution in [0.25, 0.3) is 0 Å². The number of rotatable bonds is 3. The van der Waals surface area contributed by atoms with Crippen molar-refractivity contribution in [2.75, 3.05) is 0 Å². The Morgan fingerprint density at radius 2 is 2.40 bits per heavy atom. The first-order valence-electron chi connectivity index (χ1n) is 7.58. The van der Waals surface area contributed by atoms with Crippen molar-refractivity contribution in [3.05, 3.63) is 11.8 Å². The number of hydrogen-bond donors (Lipinski definition) is 2. The van der Waals surface area contributed by atoms with Crippen molar-refractivity contribution in [3.63, 3.8) is 0 Å². The molecule has 5 atom stereocenters. The average Bonchev–Trinajstić information content (AvgIpc) is 3.29. The van der Waals surface area contributed by atoms with Gasteiger partial charge in [-0.15, -0.1) is 0 Å². The van der Waals surface area contributed by atoms with Crippen LogP contribution in [0.2, 0.25) is 0 Å². The Balaban J connectivity index is 1.53. The topological polar surface area (TPSA) is 67.2 Å². The van der Waals surface area contributed by atoms with Gasteiger partial charge in [0, 0.05) is 13.1 Å². The van der Waals surface area contributed by atoms with E-state index in [1.54, 1.807) is 7.05 Å². The van der Waals surface area contributed by atoms with Crippen molar-refractivity contribution in [2.45, 2.75) is 38.6 Å². The third-order valence-electron chi connectivity index (χ3n) is 5.96. The number of aromatic hydroxyl groups is 1. The normalized spacial score (nSPS) is 40.7. The lowest BCUT2D eigenvalue weighted by Crippen LogP contribution is -2.44. The summed E-state index contributed by atoms with van der Waals surface area (Å²) < 4.78 is 1.32. The molecule has 1 amide bonds. The van der Waals surface area contributed by atoms with Gasteiger partial charge >= 0.3 is 0 Å². The first-order valence-corrected chi connectivity index (χ1v) is 7.58. The maximum Gasteiger partial charge on any atom is 0.258 e. The highest BCUT2D eigenvalue weighted by Crippen LogP contribution is 2.80. The van der Waals surface area contributed by atoms with Crippen LogP contribution < -0.4 is 5.32 Å². The molecule has 3 fully saturated rings. The monoisotopic (exact) mass is 275 g/mol. The number of aryl methyl sites for hydroxylation is 1. The molecule has 5 heteroatoms. The third kappa shape index (κ3) is 1.49. The molecule has 5 nitrogen and oxygen atoms in total. The van der Waals surface area contributed by atoms with Gasteiger partial charge in [-0.3, -0.25) is 4.79 Å². The molecule has 1 spiro atoms. The molecule has 0 aromatic carbocycles. The predicted molar refractivity (Wildman–Crippen MR) is 73.2 cm³/mol. The Labute approximate surface area is 118 Å². The van der Waals surface area contributed by atoms with E-state index in [1.807, 2.05) is 0 Å². The van der Waals surface area contributed by atoms with Gasteiger partial charge in [-0.2, -0.15) is 5.10 Å². The number of carbonyl (C=O) groups excluding carboxylic acids is 1. The van der Waals surface area contributed by atoms with Gasteiger partial charge in [-0.25, -0.2) is 4.68 Å². The first kappa shape index (κ1) is 12.2. The van der Waals surface area contributed by atoms with E-state index in [0.29, 0.717) is 17.3 Å². The molecule has 20 heavy (non-hydrogen) atoms. The van der Waals surface area contributed by atoms with Crippen LogP contribution in [0.4, 0.5) is 0 Å². The summed E-state index contributed by atoms with van der Waals surface area (Å²) in [5.41, 5.74) is 0.885. The third-order valence-corrected chi connectivity index (χ3v) is 5.96. The second-order valence-corrected chi connectivity index (χ2v) is 6.85. The first-order chi connectivity index (χ1) is 9.56. The van der Waals surface area contributed by atoms with Gasteiger partial charge in [0.15, 0.2) is 0 Å². The summed E-state index contributed by atoms with van der Waals surface area (Å²) in [6.45, 7) is 2.21. The van der Waals surface area contributed by atoms with E-state index >= 15 is 0 Å². The van der Waals surface area contributed by atoms with Gasteiger partial charge in [-0.1, -0.05) is 13.3 Å². The van der Waals surface area contributed by atoms with Crippen LogP contribution in [0.3, 0.4) is 0 Å². The smallest absolute Gasteiger partial charge is 0.258 e. The van der Waals surface area contributed by atoms with Crippen molar-refractivity contribution >= 4 is 5.91 Å². The van der Waals surface area contributed by atoms with E-state index in [9.17, 15) is 9.90 Å². The number of nitrogens with zero attached hydrogens (tertiary/aromatic N) is 2. The van der Waals surface area contributed by atoms with Gasteiger partial charge < -0.3 is 10.4 Å². The van der Waals surface area contributed by atoms with Crippen LogP contribution >= 0.6 is 0 Å². The molecule has 1 heterocycles. The largest absolute Gasteiger partial charge is 0.493 e. The molecule has 4 rings (SSSR count). The Bertz CT molecular complexity index is 582. The van der Waals surface area contributed by atoms with Crippen molar-refractivity contribution in [2.24, 2.45) is 30.2 Å². The van der Waals surface area contributed by atoms with Crippen LogP contribution in [0.1, 0.15) is 43.0 Å². The molecule has 0 bridgehead atoms. The Morgan fingerprint density at radius 3 is 3.05 bits per heavy atom.